The molecule has 0 unspecified atom stereocenters. The minimum atomic E-state index is -3.97. The highest BCUT2D eigenvalue weighted by molar-refractivity contribution is 7.93. The van der Waals surface area contributed by atoms with Crippen LogP contribution in [0.1, 0.15) is 12.5 Å². The maximum absolute atomic E-state index is 13.5. The van der Waals surface area contributed by atoms with Gasteiger partial charge in [0.25, 0.3) is 10.0 Å². The average Bonchev–Trinajstić information content (AvgIpc) is 3.25. The van der Waals surface area contributed by atoms with Crippen molar-refractivity contribution in [1.82, 2.24) is 9.88 Å². The fourth-order valence-corrected chi connectivity index (χ4v) is 5.03. The van der Waals surface area contributed by atoms with Crippen LogP contribution in [-0.2, 0) is 21.4 Å². The van der Waals surface area contributed by atoms with Crippen molar-refractivity contribution in [1.29, 1.82) is 0 Å². The number of halogens is 1. The molecule has 1 amide bonds. The topological polar surface area (TPSA) is 70.6 Å². The number of thiazole rings is 1. The van der Waals surface area contributed by atoms with Crippen molar-refractivity contribution in [3.05, 3.63) is 77.6 Å². The zero-order chi connectivity index (χ0) is 20.9. The Morgan fingerprint density at radius 2 is 1.90 bits per heavy atom. The zero-order valence-corrected chi connectivity index (χ0v) is 17.4. The van der Waals surface area contributed by atoms with E-state index in [-0.39, 0.29) is 22.4 Å². The van der Waals surface area contributed by atoms with Crippen LogP contribution in [0.2, 0.25) is 0 Å². The van der Waals surface area contributed by atoms with Gasteiger partial charge >= 0.3 is 0 Å². The maximum Gasteiger partial charge on any atom is 0.266 e. The molecule has 6 nitrogen and oxygen atoms in total. The first kappa shape index (κ1) is 20.9. The van der Waals surface area contributed by atoms with Gasteiger partial charge in [-0.05, 0) is 36.8 Å². The molecule has 0 atom stereocenters. The smallest absolute Gasteiger partial charge is 0.266 e. The van der Waals surface area contributed by atoms with Crippen molar-refractivity contribution in [3.63, 3.8) is 0 Å². The monoisotopic (exact) mass is 433 g/mol. The maximum atomic E-state index is 13.5. The van der Waals surface area contributed by atoms with Crippen molar-refractivity contribution >= 4 is 32.4 Å². The molecule has 0 bridgehead atoms. The first-order chi connectivity index (χ1) is 13.9. The van der Waals surface area contributed by atoms with E-state index in [0.717, 1.165) is 15.6 Å². The van der Waals surface area contributed by atoms with Crippen LogP contribution in [0.15, 0.2) is 71.1 Å². The fraction of sp³-hybridized carbons (Fsp3) is 0.200. The molecule has 9 heteroatoms. The lowest BCUT2D eigenvalue weighted by molar-refractivity contribution is -0.129. The molecule has 0 radical (unpaired) electrons. The molecule has 0 saturated heterocycles. The van der Waals surface area contributed by atoms with Crippen LogP contribution < -0.4 is 4.31 Å². The molecule has 3 rings (SSSR count). The Hall–Kier alpha value is -2.78. The number of carbonyl (C=O) groups is 1. The molecule has 29 heavy (non-hydrogen) atoms. The van der Waals surface area contributed by atoms with Crippen LogP contribution >= 0.6 is 11.3 Å². The number of likely N-dealkylation sites (N-methyl/N-ethyl adjacent to an activating group) is 1. The van der Waals surface area contributed by atoms with Gasteiger partial charge in [0.2, 0.25) is 5.91 Å². The number of hydrogen-bond donors (Lipinski definition) is 0. The van der Waals surface area contributed by atoms with E-state index < -0.39 is 22.5 Å². The molecule has 0 spiro atoms. The van der Waals surface area contributed by atoms with E-state index in [1.54, 1.807) is 42.6 Å². The number of sulfonamides is 1. The van der Waals surface area contributed by atoms with Gasteiger partial charge in [-0.25, -0.2) is 22.1 Å². The number of amides is 1. The molecule has 152 valence electrons. The number of hydrogen-bond acceptors (Lipinski definition) is 5. The fourth-order valence-electron chi connectivity index (χ4n) is 2.77. The van der Waals surface area contributed by atoms with E-state index in [9.17, 15) is 17.6 Å². The number of anilines is 1. The predicted molar refractivity (Wildman–Crippen MR) is 111 cm³/mol. The van der Waals surface area contributed by atoms with Crippen LogP contribution in [0, 0.1) is 5.82 Å². The molecule has 0 aliphatic carbocycles. The summed E-state index contributed by atoms with van der Waals surface area (Å²) in [6, 6.07) is 13.9. The van der Waals surface area contributed by atoms with E-state index in [4.69, 9.17) is 0 Å². The van der Waals surface area contributed by atoms with Crippen LogP contribution in [0.3, 0.4) is 0 Å². The van der Waals surface area contributed by atoms with Crippen molar-refractivity contribution in [2.75, 3.05) is 17.4 Å². The second kappa shape index (κ2) is 9.15. The third-order valence-corrected chi connectivity index (χ3v) is 6.90. The van der Waals surface area contributed by atoms with E-state index in [1.807, 2.05) is 0 Å². The quantitative estimate of drug-likeness (QED) is 0.545. The van der Waals surface area contributed by atoms with Gasteiger partial charge in [0.05, 0.1) is 4.90 Å². The largest absolute Gasteiger partial charge is 0.337 e. The van der Waals surface area contributed by atoms with E-state index >= 15 is 0 Å². The minimum absolute atomic E-state index is 0.0798. The summed E-state index contributed by atoms with van der Waals surface area (Å²) in [6.07, 6.45) is 1.49. The molecule has 2 aromatic carbocycles. The Morgan fingerprint density at radius 3 is 2.52 bits per heavy atom. The van der Waals surface area contributed by atoms with Gasteiger partial charge < -0.3 is 4.90 Å². The predicted octanol–water partition coefficient (Wildman–Crippen LogP) is 3.53. The van der Waals surface area contributed by atoms with Crippen LogP contribution in [0.25, 0.3) is 0 Å². The van der Waals surface area contributed by atoms with E-state index in [2.05, 4.69) is 4.98 Å². The van der Waals surface area contributed by atoms with Crippen LogP contribution in [-0.4, -0.2) is 37.3 Å². The summed E-state index contributed by atoms with van der Waals surface area (Å²) in [5.41, 5.74) is 0.631. The highest BCUT2D eigenvalue weighted by Gasteiger charge is 2.30. The third kappa shape index (κ3) is 4.99. The van der Waals surface area contributed by atoms with Gasteiger partial charge in [0.15, 0.2) is 5.13 Å². The van der Waals surface area contributed by atoms with Gasteiger partial charge in [0, 0.05) is 24.7 Å². The molecule has 1 heterocycles. The van der Waals surface area contributed by atoms with E-state index in [0.29, 0.717) is 12.1 Å². The second-order valence-electron chi connectivity index (χ2n) is 6.18. The molecular weight excluding hydrogens is 413 g/mol. The first-order valence-corrected chi connectivity index (χ1v) is 11.2. The molecule has 0 fully saturated rings. The number of rotatable bonds is 8. The Labute approximate surface area is 173 Å². The lowest BCUT2D eigenvalue weighted by Crippen LogP contribution is -2.42. The standard InChI is InChI=1S/C20H20FN3O3S2/c1-2-23(14-16-7-6-8-17(21)13-16)19(25)15-24(20-22-11-12-28-20)29(26,27)18-9-4-3-5-10-18/h3-13H,2,14-15H2,1H3. The normalized spacial score (nSPS) is 11.2. The summed E-state index contributed by atoms with van der Waals surface area (Å²) in [6.45, 7) is 1.93. The summed E-state index contributed by atoms with van der Waals surface area (Å²) in [4.78, 5) is 18.6. The number of benzene rings is 2. The minimum Gasteiger partial charge on any atom is -0.337 e. The second-order valence-corrected chi connectivity index (χ2v) is 8.91. The van der Waals surface area contributed by atoms with Gasteiger partial charge in [0.1, 0.15) is 12.4 Å². The van der Waals surface area contributed by atoms with E-state index in [1.165, 1.54) is 35.4 Å². The molecule has 3 aromatic rings. The molecule has 0 aliphatic rings. The lowest BCUT2D eigenvalue weighted by atomic mass is 10.2. The zero-order valence-electron chi connectivity index (χ0n) is 15.7. The molecule has 0 N–H and O–H groups in total. The van der Waals surface area contributed by atoms with Gasteiger partial charge in [-0.3, -0.25) is 4.79 Å². The molecule has 0 saturated carbocycles. The van der Waals surface area contributed by atoms with Crippen molar-refractivity contribution in [3.8, 4) is 0 Å². The number of aromatic nitrogens is 1. The highest BCUT2D eigenvalue weighted by Crippen LogP contribution is 2.25. The van der Waals surface area contributed by atoms with Crippen LogP contribution in [0.4, 0.5) is 9.52 Å². The number of carbonyl (C=O) groups excluding carboxylic acids is 1. The van der Waals surface area contributed by atoms with Gasteiger partial charge in [-0.15, -0.1) is 11.3 Å². The Bertz CT molecular complexity index is 1060. The summed E-state index contributed by atoms with van der Waals surface area (Å²) < 4.78 is 40.8. The van der Waals surface area contributed by atoms with Gasteiger partial charge in [-0.1, -0.05) is 30.3 Å². The Kier molecular flexibility index (Phi) is 6.60. The molecule has 1 aromatic heterocycles. The lowest BCUT2D eigenvalue weighted by Gasteiger charge is -2.26. The van der Waals surface area contributed by atoms with Crippen molar-refractivity contribution in [2.24, 2.45) is 0 Å². The highest BCUT2D eigenvalue weighted by atomic mass is 32.2. The first-order valence-electron chi connectivity index (χ1n) is 8.91. The average molecular weight is 434 g/mol. The van der Waals surface area contributed by atoms with Crippen molar-refractivity contribution in [2.45, 2.75) is 18.4 Å². The molecular formula is C20H20FN3O3S2. The SMILES string of the molecule is CCN(Cc1cccc(F)c1)C(=O)CN(c1nccs1)S(=O)(=O)c1ccccc1. The van der Waals surface area contributed by atoms with Crippen LogP contribution in [0.5, 0.6) is 0 Å². The molecule has 0 aliphatic heterocycles. The Morgan fingerprint density at radius 1 is 1.14 bits per heavy atom. The Balaban J connectivity index is 1.86. The summed E-state index contributed by atoms with van der Waals surface area (Å²) in [5.74, 6) is -0.784. The van der Waals surface area contributed by atoms with Crippen molar-refractivity contribution < 1.29 is 17.6 Å². The van der Waals surface area contributed by atoms with Gasteiger partial charge in [-0.2, -0.15) is 0 Å². The summed E-state index contributed by atoms with van der Waals surface area (Å²) in [7, 11) is -3.97. The summed E-state index contributed by atoms with van der Waals surface area (Å²) >= 11 is 1.14. The third-order valence-electron chi connectivity index (χ3n) is 4.24. The summed E-state index contributed by atoms with van der Waals surface area (Å²) in [5, 5.41) is 1.86. The number of nitrogens with zero attached hydrogens (tertiary/aromatic N) is 3.